The van der Waals surface area contributed by atoms with Crippen molar-refractivity contribution in [1.29, 1.82) is 0 Å². The molecule has 1 fully saturated rings. The zero-order valence-corrected chi connectivity index (χ0v) is 20.1. The van der Waals surface area contributed by atoms with Gasteiger partial charge in [-0.1, -0.05) is 11.6 Å². The highest BCUT2D eigenvalue weighted by molar-refractivity contribution is 6.30. The number of aromatic nitrogens is 4. The summed E-state index contributed by atoms with van der Waals surface area (Å²) in [6, 6.07) is 6.72. The second kappa shape index (κ2) is 9.80. The number of alkyl halides is 3. The van der Waals surface area contributed by atoms with Gasteiger partial charge in [-0.25, -0.2) is 9.37 Å². The zero-order chi connectivity index (χ0) is 25.3. The van der Waals surface area contributed by atoms with Crippen LogP contribution < -0.4 is 14.7 Å². The molecule has 1 aliphatic rings. The van der Waals surface area contributed by atoms with Gasteiger partial charge in [-0.15, -0.1) is 0 Å². The van der Waals surface area contributed by atoms with E-state index in [1.807, 2.05) is 30.7 Å². The molecule has 35 heavy (non-hydrogen) atoms. The fourth-order valence-electron chi connectivity index (χ4n) is 3.64. The lowest BCUT2D eigenvalue weighted by Gasteiger charge is -2.36. The molecule has 0 bridgehead atoms. The molecule has 186 valence electrons. The Hall–Kier alpha value is -3.21. The van der Waals surface area contributed by atoms with Gasteiger partial charge in [0.1, 0.15) is 11.6 Å². The van der Waals surface area contributed by atoms with Crippen molar-refractivity contribution in [3.05, 3.63) is 52.9 Å². The molecule has 0 radical (unpaired) electrons. The Morgan fingerprint density at radius 2 is 1.69 bits per heavy atom. The number of hydrogen-bond acceptors (Lipinski definition) is 7. The van der Waals surface area contributed by atoms with E-state index >= 15 is 0 Å². The monoisotopic (exact) mass is 509 g/mol. The molecule has 1 aromatic carbocycles. The van der Waals surface area contributed by atoms with Crippen LogP contribution in [0.15, 0.2) is 36.5 Å². The number of anilines is 3. The summed E-state index contributed by atoms with van der Waals surface area (Å²) >= 11 is 5.82. The Morgan fingerprint density at radius 3 is 2.31 bits per heavy atom. The molecular weight excluding hydrogens is 486 g/mol. The molecule has 0 aliphatic carbocycles. The van der Waals surface area contributed by atoms with Crippen LogP contribution in [0.4, 0.5) is 35.3 Å². The van der Waals surface area contributed by atoms with Crippen LogP contribution in [-0.4, -0.2) is 59.2 Å². The Morgan fingerprint density at radius 1 is 1.00 bits per heavy atom. The first kappa shape index (κ1) is 24.9. The van der Waals surface area contributed by atoms with Crippen molar-refractivity contribution in [2.45, 2.75) is 26.1 Å². The molecule has 0 saturated carbocycles. The second-order valence-corrected chi connectivity index (χ2v) is 8.85. The van der Waals surface area contributed by atoms with Gasteiger partial charge in [-0.05, 0) is 44.2 Å². The quantitative estimate of drug-likeness (QED) is 0.453. The van der Waals surface area contributed by atoms with Crippen LogP contribution in [-0.2, 0) is 6.18 Å². The number of rotatable bonds is 5. The highest BCUT2D eigenvalue weighted by Crippen LogP contribution is 2.35. The van der Waals surface area contributed by atoms with Gasteiger partial charge in [0.05, 0.1) is 10.6 Å². The molecule has 0 N–H and O–H groups in total. The smallest absolute Gasteiger partial charge is 0.353 e. The first-order chi connectivity index (χ1) is 16.5. The van der Waals surface area contributed by atoms with Crippen molar-refractivity contribution in [2.24, 2.45) is 0 Å². The van der Waals surface area contributed by atoms with E-state index in [9.17, 15) is 17.6 Å². The van der Waals surface area contributed by atoms with Crippen LogP contribution in [0.1, 0.15) is 19.4 Å². The van der Waals surface area contributed by atoms with Crippen molar-refractivity contribution >= 4 is 29.3 Å². The average Bonchev–Trinajstić information content (AvgIpc) is 2.84. The zero-order valence-electron chi connectivity index (χ0n) is 19.4. The summed E-state index contributed by atoms with van der Waals surface area (Å²) in [5.74, 6) is 0.369. The van der Waals surface area contributed by atoms with E-state index in [1.54, 1.807) is 11.0 Å². The minimum atomic E-state index is -4.49. The van der Waals surface area contributed by atoms with Gasteiger partial charge >= 0.3 is 6.18 Å². The van der Waals surface area contributed by atoms with Crippen molar-refractivity contribution < 1.29 is 17.6 Å². The number of hydrogen-bond donors (Lipinski definition) is 0. The number of halogens is 5. The lowest BCUT2D eigenvalue weighted by Crippen LogP contribution is -2.48. The maximum Gasteiger partial charge on any atom is 0.419 e. The third kappa shape index (κ3) is 5.39. The van der Waals surface area contributed by atoms with Crippen LogP contribution in [0.2, 0.25) is 5.02 Å². The van der Waals surface area contributed by atoms with Crippen molar-refractivity contribution in [3.8, 4) is 11.4 Å². The van der Waals surface area contributed by atoms with E-state index in [2.05, 4.69) is 19.9 Å². The molecule has 1 saturated heterocycles. The van der Waals surface area contributed by atoms with Gasteiger partial charge in [-0.2, -0.15) is 28.1 Å². The van der Waals surface area contributed by atoms with E-state index in [0.29, 0.717) is 43.6 Å². The highest BCUT2D eigenvalue weighted by atomic mass is 35.5. The third-order valence-electron chi connectivity index (χ3n) is 5.83. The molecular formula is C23H24ClF4N7. The number of benzene rings is 1. The standard InChI is InChI=1S/C23H24ClF4N7/c1-14(2)33(3)21-30-19(15-6-7-17(24)18(25)13-15)31-22(32-21)35-11-9-34(10-12-35)20-16(23(26,27)28)5-4-8-29-20/h4-8,13-14H,9-12H2,1-3H3. The third-order valence-corrected chi connectivity index (χ3v) is 6.14. The predicted molar refractivity (Wildman–Crippen MR) is 127 cm³/mol. The molecule has 0 spiro atoms. The fraction of sp³-hybridized carbons (Fsp3) is 0.391. The molecule has 3 heterocycles. The maximum absolute atomic E-state index is 14.1. The van der Waals surface area contributed by atoms with E-state index in [1.165, 1.54) is 24.4 Å². The van der Waals surface area contributed by atoms with E-state index in [0.717, 1.165) is 6.07 Å². The average molecular weight is 510 g/mol. The molecule has 12 heteroatoms. The number of nitrogens with zero attached hydrogens (tertiary/aromatic N) is 7. The summed E-state index contributed by atoms with van der Waals surface area (Å²) in [5.41, 5.74) is -0.322. The SMILES string of the molecule is CC(C)N(C)c1nc(-c2ccc(Cl)c(F)c2)nc(N2CCN(c3ncccc3C(F)(F)F)CC2)n1. The molecule has 3 aromatic rings. The first-order valence-electron chi connectivity index (χ1n) is 11.0. The van der Waals surface area contributed by atoms with Gasteiger partial charge in [0.25, 0.3) is 0 Å². The summed E-state index contributed by atoms with van der Waals surface area (Å²) in [6.07, 6.45) is -3.14. The molecule has 1 aliphatic heterocycles. The largest absolute Gasteiger partial charge is 0.419 e. The van der Waals surface area contributed by atoms with Gasteiger partial charge in [0.15, 0.2) is 5.82 Å². The van der Waals surface area contributed by atoms with Gasteiger partial charge in [0, 0.05) is 51.0 Å². The van der Waals surface area contributed by atoms with Crippen molar-refractivity contribution in [3.63, 3.8) is 0 Å². The minimum Gasteiger partial charge on any atom is -0.353 e. The maximum atomic E-state index is 14.1. The summed E-state index contributed by atoms with van der Waals surface area (Å²) in [7, 11) is 1.84. The topological polar surface area (TPSA) is 61.3 Å². The summed E-state index contributed by atoms with van der Waals surface area (Å²) in [5, 5.41) is -0.00794. The van der Waals surface area contributed by atoms with Gasteiger partial charge in [0.2, 0.25) is 11.9 Å². The molecule has 7 nitrogen and oxygen atoms in total. The summed E-state index contributed by atoms with van der Waals surface area (Å²) < 4.78 is 54.4. The predicted octanol–water partition coefficient (Wildman–Crippen LogP) is 4.92. The Labute approximate surface area is 205 Å². The second-order valence-electron chi connectivity index (χ2n) is 8.44. The van der Waals surface area contributed by atoms with Crippen LogP contribution in [0.3, 0.4) is 0 Å². The first-order valence-corrected chi connectivity index (χ1v) is 11.4. The number of pyridine rings is 1. The Balaban J connectivity index is 1.63. The lowest BCUT2D eigenvalue weighted by molar-refractivity contribution is -0.137. The minimum absolute atomic E-state index is 0.00794. The van der Waals surface area contributed by atoms with E-state index in [4.69, 9.17) is 11.6 Å². The molecule has 4 rings (SSSR count). The summed E-state index contributed by atoms with van der Waals surface area (Å²) in [4.78, 5) is 23.0. The van der Waals surface area contributed by atoms with Crippen LogP contribution in [0, 0.1) is 5.82 Å². The number of piperazine rings is 1. The van der Waals surface area contributed by atoms with Gasteiger partial charge in [-0.3, -0.25) is 0 Å². The normalized spacial score (nSPS) is 14.5. The summed E-state index contributed by atoms with van der Waals surface area (Å²) in [6.45, 7) is 5.30. The van der Waals surface area contributed by atoms with Gasteiger partial charge < -0.3 is 14.7 Å². The highest BCUT2D eigenvalue weighted by Gasteiger charge is 2.36. The van der Waals surface area contributed by atoms with E-state index in [-0.39, 0.29) is 22.7 Å². The van der Waals surface area contributed by atoms with Crippen LogP contribution in [0.25, 0.3) is 11.4 Å². The molecule has 0 atom stereocenters. The Bertz CT molecular complexity index is 1200. The molecule has 0 unspecified atom stereocenters. The van der Waals surface area contributed by atoms with Crippen molar-refractivity contribution in [1.82, 2.24) is 19.9 Å². The van der Waals surface area contributed by atoms with Crippen molar-refractivity contribution in [2.75, 3.05) is 47.9 Å². The fourth-order valence-corrected chi connectivity index (χ4v) is 3.75. The molecule has 0 amide bonds. The van der Waals surface area contributed by atoms with Crippen LogP contribution in [0.5, 0.6) is 0 Å². The van der Waals surface area contributed by atoms with E-state index < -0.39 is 17.6 Å². The lowest BCUT2D eigenvalue weighted by atomic mass is 10.2. The van der Waals surface area contributed by atoms with Crippen LogP contribution >= 0.6 is 11.6 Å². The Kier molecular flexibility index (Phi) is 6.98. The molecule has 2 aromatic heterocycles.